The molecule has 2 radical (unpaired) electrons. The molecule has 5 heteroatoms. The van der Waals surface area contributed by atoms with E-state index in [0.29, 0.717) is 0 Å². The summed E-state index contributed by atoms with van der Waals surface area (Å²) in [6.07, 6.45) is -6.97. The number of hydrogen-bond acceptors (Lipinski definition) is 0. The van der Waals surface area contributed by atoms with E-state index in [0.717, 1.165) is 0 Å². The van der Waals surface area contributed by atoms with Gasteiger partial charge in [-0.3, -0.25) is 0 Å². The monoisotopic (exact) mass is 160 g/mol. The van der Waals surface area contributed by atoms with Gasteiger partial charge in [0.25, 0.3) is 0 Å². The lowest BCUT2D eigenvalue weighted by Gasteiger charge is -2.16. The van der Waals surface area contributed by atoms with Gasteiger partial charge in [0.05, 0.1) is 0 Å². The maximum absolute atomic E-state index is 11.8. The Labute approximate surface area is 55.0 Å². The van der Waals surface area contributed by atoms with Gasteiger partial charge in [-0.05, 0) is 6.42 Å². The molecule has 0 aliphatic carbocycles. The average molecular weight is 160 g/mol. The van der Waals surface area contributed by atoms with Crippen LogP contribution in [0.4, 0.5) is 22.0 Å². The molecule has 1 atom stereocenters. The van der Waals surface area contributed by atoms with E-state index in [2.05, 4.69) is 6.92 Å². The summed E-state index contributed by atoms with van der Waals surface area (Å²) in [6, 6.07) is 0. The van der Waals surface area contributed by atoms with Gasteiger partial charge in [-0.2, -0.15) is 17.6 Å². The van der Waals surface area contributed by atoms with Gasteiger partial charge in [0.1, 0.15) is 0 Å². The number of hydrogen-bond donors (Lipinski definition) is 0. The van der Waals surface area contributed by atoms with E-state index >= 15 is 0 Å². The molecule has 0 heterocycles. The third-order valence-corrected chi connectivity index (χ3v) is 0.899. The van der Waals surface area contributed by atoms with Crippen LogP contribution >= 0.6 is 0 Å². The minimum Gasteiger partial charge on any atom is -0.241 e. The maximum Gasteiger partial charge on any atom is 0.381 e. The molecule has 0 aliphatic rings. The fourth-order valence-corrected chi connectivity index (χ4v) is 0.300. The summed E-state index contributed by atoms with van der Waals surface area (Å²) in [5.74, 6) is -4.64. The van der Waals surface area contributed by atoms with Crippen molar-refractivity contribution in [2.45, 2.75) is 18.5 Å². The molecule has 0 rings (SSSR count). The lowest BCUT2D eigenvalue weighted by molar-refractivity contribution is -0.113. The Hall–Kier alpha value is -0.350. The van der Waals surface area contributed by atoms with Crippen LogP contribution in [0.2, 0.25) is 0 Å². The van der Waals surface area contributed by atoms with Crippen LogP contribution in [-0.2, 0) is 0 Å². The highest BCUT2D eigenvalue weighted by Gasteiger charge is 2.50. The zero-order chi connectivity index (χ0) is 8.36. The molecule has 60 valence electrons. The predicted molar refractivity (Wildman–Crippen MR) is 25.3 cm³/mol. The van der Waals surface area contributed by atoms with Crippen molar-refractivity contribution in [2.24, 2.45) is 0 Å². The molecule has 0 aromatic carbocycles. The van der Waals surface area contributed by atoms with E-state index in [1.807, 2.05) is 0 Å². The molecule has 0 amide bonds. The summed E-state index contributed by atoms with van der Waals surface area (Å²) < 4.78 is 57.6. The summed E-state index contributed by atoms with van der Waals surface area (Å²) in [4.78, 5) is 0. The summed E-state index contributed by atoms with van der Waals surface area (Å²) >= 11 is 0. The van der Waals surface area contributed by atoms with Crippen molar-refractivity contribution in [1.82, 2.24) is 0 Å². The molecule has 1 unspecified atom stereocenters. The number of alkyl halides is 3. The second-order valence-electron chi connectivity index (χ2n) is 1.64. The minimum absolute atomic E-state index is 0.871. The van der Waals surface area contributed by atoms with E-state index < -0.39 is 24.9 Å². The molecule has 10 heavy (non-hydrogen) atoms. The van der Waals surface area contributed by atoms with E-state index in [1.54, 1.807) is 0 Å². The van der Waals surface area contributed by atoms with Gasteiger partial charge in [-0.15, -0.1) is 0 Å². The van der Waals surface area contributed by atoms with Gasteiger partial charge >= 0.3 is 12.3 Å². The fourth-order valence-electron chi connectivity index (χ4n) is 0.300. The molecule has 0 N–H and O–H groups in total. The fraction of sp³-hybridized carbons (Fsp3) is 0.600. The molecule has 0 nitrogen and oxygen atoms in total. The first kappa shape index (κ1) is 9.65. The van der Waals surface area contributed by atoms with Gasteiger partial charge in [0.2, 0.25) is 0 Å². The van der Waals surface area contributed by atoms with Crippen LogP contribution < -0.4 is 0 Å². The van der Waals surface area contributed by atoms with Gasteiger partial charge in [0.15, 0.2) is 6.17 Å². The second kappa shape index (κ2) is 3.16. The van der Waals surface area contributed by atoms with Crippen molar-refractivity contribution in [1.29, 1.82) is 0 Å². The molecule has 0 bridgehead atoms. The highest BCUT2D eigenvalue weighted by molar-refractivity contribution is 4.90. The van der Waals surface area contributed by atoms with Gasteiger partial charge in [-0.25, -0.2) is 4.39 Å². The molecule has 0 saturated carbocycles. The Morgan fingerprint density at radius 2 is 1.80 bits per heavy atom. The van der Waals surface area contributed by atoms with Crippen LogP contribution in [0.15, 0.2) is 0 Å². The van der Waals surface area contributed by atoms with Crippen molar-refractivity contribution in [3.8, 4) is 0 Å². The van der Waals surface area contributed by atoms with Crippen LogP contribution in [-0.4, -0.2) is 12.1 Å². The van der Waals surface area contributed by atoms with E-state index in [1.165, 1.54) is 0 Å². The lowest BCUT2D eigenvalue weighted by atomic mass is 10.2. The SMILES string of the molecule is [CH2]CC(F)C(F)(F)[C](F)F. The number of halogens is 5. The largest absolute Gasteiger partial charge is 0.381 e. The number of rotatable bonds is 3. The van der Waals surface area contributed by atoms with Crippen LogP contribution in [0, 0.1) is 13.3 Å². The van der Waals surface area contributed by atoms with Crippen molar-refractivity contribution in [2.75, 3.05) is 0 Å². The Kier molecular flexibility index (Phi) is 3.05. The summed E-state index contributed by atoms with van der Waals surface area (Å²) in [7, 11) is 0. The quantitative estimate of drug-likeness (QED) is 0.556. The summed E-state index contributed by atoms with van der Waals surface area (Å²) in [6.45, 7) is 2.73. The van der Waals surface area contributed by atoms with E-state index in [9.17, 15) is 22.0 Å². The van der Waals surface area contributed by atoms with Crippen LogP contribution in [0.25, 0.3) is 0 Å². The zero-order valence-corrected chi connectivity index (χ0v) is 4.88. The Balaban J connectivity index is 4.09. The maximum atomic E-state index is 11.8. The lowest BCUT2D eigenvalue weighted by Crippen LogP contribution is -2.32. The summed E-state index contributed by atoms with van der Waals surface area (Å²) in [5, 5.41) is 0. The van der Waals surface area contributed by atoms with Crippen LogP contribution in [0.3, 0.4) is 0 Å². The van der Waals surface area contributed by atoms with Crippen molar-refractivity contribution in [3.63, 3.8) is 0 Å². The van der Waals surface area contributed by atoms with Crippen LogP contribution in [0.1, 0.15) is 6.42 Å². The standard InChI is InChI=1S/C5H5F5/c1-2-3(6)5(9,10)4(7)8/h3H,1-2H2. The molecule has 0 fully saturated rings. The first-order valence-corrected chi connectivity index (χ1v) is 2.42. The highest BCUT2D eigenvalue weighted by atomic mass is 19.3. The van der Waals surface area contributed by atoms with E-state index in [-0.39, 0.29) is 0 Å². The first-order chi connectivity index (χ1) is 4.42. The highest BCUT2D eigenvalue weighted by Crippen LogP contribution is 2.35. The smallest absolute Gasteiger partial charge is 0.241 e. The normalized spacial score (nSPS) is 15.9. The van der Waals surface area contributed by atoms with Gasteiger partial charge in [-0.1, -0.05) is 6.92 Å². The zero-order valence-electron chi connectivity index (χ0n) is 4.88. The Morgan fingerprint density at radius 3 is 1.90 bits per heavy atom. The van der Waals surface area contributed by atoms with Gasteiger partial charge < -0.3 is 0 Å². The third-order valence-electron chi connectivity index (χ3n) is 0.899. The van der Waals surface area contributed by atoms with Crippen LogP contribution in [0.5, 0.6) is 0 Å². The van der Waals surface area contributed by atoms with E-state index in [4.69, 9.17) is 0 Å². The topological polar surface area (TPSA) is 0 Å². The molecule has 0 saturated heterocycles. The van der Waals surface area contributed by atoms with Gasteiger partial charge in [0, 0.05) is 0 Å². The molecule has 0 aliphatic heterocycles. The first-order valence-electron chi connectivity index (χ1n) is 2.42. The van der Waals surface area contributed by atoms with Crippen molar-refractivity contribution in [3.05, 3.63) is 13.3 Å². The molecule has 0 aromatic rings. The molecular formula is C5H5F5. The minimum atomic E-state index is -4.64. The predicted octanol–water partition coefficient (Wildman–Crippen LogP) is 2.61. The molecule has 0 aromatic heterocycles. The van der Waals surface area contributed by atoms with Crippen molar-refractivity contribution < 1.29 is 22.0 Å². The second-order valence-corrected chi connectivity index (χ2v) is 1.64. The third kappa shape index (κ3) is 1.82. The molecule has 0 spiro atoms. The molecular weight excluding hydrogens is 155 g/mol. The summed E-state index contributed by atoms with van der Waals surface area (Å²) in [5.41, 5.74) is 0. The average Bonchev–Trinajstić information content (AvgIpc) is 1.86. The Bertz CT molecular complexity index is 100. The van der Waals surface area contributed by atoms with Crippen molar-refractivity contribution >= 4 is 0 Å². The Morgan fingerprint density at radius 1 is 1.40 bits per heavy atom.